The zero-order valence-corrected chi connectivity index (χ0v) is 11.4. The minimum absolute atomic E-state index is 0.0301. The van der Waals surface area contributed by atoms with Crippen molar-refractivity contribution in [3.05, 3.63) is 29.8 Å². The van der Waals surface area contributed by atoms with Crippen LogP contribution in [0.2, 0.25) is 0 Å². The molecule has 0 bridgehead atoms. The minimum atomic E-state index is -2.91. The summed E-state index contributed by atoms with van der Waals surface area (Å²) in [4.78, 5) is 12.4. The van der Waals surface area contributed by atoms with E-state index in [9.17, 15) is 13.6 Å². The molecule has 1 rings (SSSR count). The van der Waals surface area contributed by atoms with Gasteiger partial charge in [-0.25, -0.2) is 0 Å². The number of halogens is 2. The summed E-state index contributed by atoms with van der Waals surface area (Å²) < 4.78 is 29.0. The lowest BCUT2D eigenvalue weighted by molar-refractivity contribution is -0.0501. The van der Waals surface area contributed by atoms with Gasteiger partial charge in [-0.1, -0.05) is 38.8 Å². The second-order valence-corrected chi connectivity index (χ2v) is 4.49. The highest BCUT2D eigenvalue weighted by atomic mass is 19.3. The highest BCUT2D eigenvalue weighted by Gasteiger charge is 2.22. The van der Waals surface area contributed by atoms with Gasteiger partial charge < -0.3 is 4.74 Å². The molecule has 0 aliphatic heterocycles. The molecule has 0 aromatic heterocycles. The lowest BCUT2D eigenvalue weighted by Gasteiger charge is -2.16. The Kier molecular flexibility index (Phi) is 6.46. The van der Waals surface area contributed by atoms with Crippen molar-refractivity contribution >= 4 is 5.78 Å². The van der Waals surface area contributed by atoms with Crippen molar-refractivity contribution in [2.45, 2.75) is 46.1 Å². The Labute approximate surface area is 112 Å². The molecule has 0 heterocycles. The number of benzene rings is 1. The average molecular weight is 270 g/mol. The summed E-state index contributed by atoms with van der Waals surface area (Å²) >= 11 is 0. The fourth-order valence-electron chi connectivity index (χ4n) is 2.06. The highest BCUT2D eigenvalue weighted by molar-refractivity contribution is 6.00. The summed E-state index contributed by atoms with van der Waals surface area (Å²) in [6.07, 6.45) is 3.47. The summed E-state index contributed by atoms with van der Waals surface area (Å²) in [6, 6.07) is 6.21. The molecule has 0 radical (unpaired) electrons. The van der Waals surface area contributed by atoms with E-state index in [1.54, 1.807) is 18.2 Å². The van der Waals surface area contributed by atoms with E-state index in [-0.39, 0.29) is 23.0 Å². The first-order valence-electron chi connectivity index (χ1n) is 6.68. The van der Waals surface area contributed by atoms with Crippen molar-refractivity contribution in [1.29, 1.82) is 0 Å². The molecule has 1 aromatic carbocycles. The zero-order valence-electron chi connectivity index (χ0n) is 11.4. The molecule has 0 fully saturated rings. The molecule has 19 heavy (non-hydrogen) atoms. The van der Waals surface area contributed by atoms with Crippen molar-refractivity contribution in [2.75, 3.05) is 0 Å². The molecule has 0 aliphatic carbocycles. The quantitative estimate of drug-likeness (QED) is 0.641. The standard InChI is InChI=1S/C15H20F2O2/c1-3-5-8-11(4-2)14(18)12-9-6-7-10-13(12)19-15(16)17/h6-7,9-11,15H,3-5,8H2,1-2H3. The number of unbranched alkanes of at least 4 members (excludes halogenated alkanes) is 1. The third-order valence-corrected chi connectivity index (χ3v) is 3.14. The lowest BCUT2D eigenvalue weighted by atomic mass is 9.90. The molecule has 1 atom stereocenters. The first-order valence-corrected chi connectivity index (χ1v) is 6.68. The fourth-order valence-corrected chi connectivity index (χ4v) is 2.06. The molecule has 0 aliphatic rings. The summed E-state index contributed by atoms with van der Waals surface area (Å²) in [5.41, 5.74) is 0.255. The maximum absolute atomic E-state index is 12.4. The van der Waals surface area contributed by atoms with Gasteiger partial charge in [0, 0.05) is 5.92 Å². The molecule has 0 spiro atoms. The Morgan fingerprint density at radius 1 is 1.26 bits per heavy atom. The molecule has 0 saturated heterocycles. The maximum Gasteiger partial charge on any atom is 0.387 e. The molecule has 2 nitrogen and oxygen atoms in total. The topological polar surface area (TPSA) is 26.3 Å². The second-order valence-electron chi connectivity index (χ2n) is 4.49. The molecule has 1 unspecified atom stereocenters. The summed E-state index contributed by atoms with van der Waals surface area (Å²) in [5, 5.41) is 0. The number of ether oxygens (including phenoxy) is 1. The lowest BCUT2D eigenvalue weighted by Crippen LogP contribution is -2.16. The van der Waals surface area contributed by atoms with E-state index in [1.165, 1.54) is 6.07 Å². The van der Waals surface area contributed by atoms with Crippen LogP contribution < -0.4 is 4.74 Å². The average Bonchev–Trinajstić information content (AvgIpc) is 2.39. The van der Waals surface area contributed by atoms with Gasteiger partial charge >= 0.3 is 6.61 Å². The Morgan fingerprint density at radius 2 is 1.95 bits per heavy atom. The Bertz CT molecular complexity index is 405. The Hall–Kier alpha value is -1.45. The van der Waals surface area contributed by atoms with Crippen LogP contribution in [-0.2, 0) is 0 Å². The van der Waals surface area contributed by atoms with E-state index in [2.05, 4.69) is 11.7 Å². The van der Waals surface area contributed by atoms with Gasteiger partial charge in [-0.05, 0) is 25.0 Å². The summed E-state index contributed by atoms with van der Waals surface area (Å²) in [5.74, 6) is -0.257. The van der Waals surface area contributed by atoms with Crippen LogP contribution >= 0.6 is 0 Å². The van der Waals surface area contributed by atoms with Crippen molar-refractivity contribution in [3.8, 4) is 5.75 Å². The van der Waals surface area contributed by atoms with Gasteiger partial charge in [-0.15, -0.1) is 0 Å². The van der Waals surface area contributed by atoms with Gasteiger partial charge in [-0.3, -0.25) is 4.79 Å². The molecule has 0 saturated carbocycles. The van der Waals surface area contributed by atoms with Crippen LogP contribution in [0.3, 0.4) is 0 Å². The normalized spacial score (nSPS) is 12.5. The predicted molar refractivity (Wildman–Crippen MR) is 70.7 cm³/mol. The zero-order chi connectivity index (χ0) is 14.3. The Morgan fingerprint density at radius 3 is 2.53 bits per heavy atom. The fraction of sp³-hybridized carbons (Fsp3) is 0.533. The van der Waals surface area contributed by atoms with Crippen LogP contribution in [0, 0.1) is 5.92 Å². The first-order chi connectivity index (χ1) is 9.10. The molecular weight excluding hydrogens is 250 g/mol. The number of para-hydroxylation sites is 1. The van der Waals surface area contributed by atoms with Crippen LogP contribution in [0.5, 0.6) is 5.75 Å². The van der Waals surface area contributed by atoms with Crippen LogP contribution in [0.1, 0.15) is 49.9 Å². The number of hydrogen-bond acceptors (Lipinski definition) is 2. The monoisotopic (exact) mass is 270 g/mol. The number of alkyl halides is 2. The second kappa shape index (κ2) is 7.87. The third-order valence-electron chi connectivity index (χ3n) is 3.14. The summed E-state index contributed by atoms with van der Waals surface area (Å²) in [6.45, 7) is 1.09. The van der Waals surface area contributed by atoms with Crippen molar-refractivity contribution < 1.29 is 18.3 Å². The van der Waals surface area contributed by atoms with E-state index in [0.717, 1.165) is 19.3 Å². The van der Waals surface area contributed by atoms with Crippen molar-refractivity contribution in [2.24, 2.45) is 5.92 Å². The molecule has 4 heteroatoms. The maximum atomic E-state index is 12.4. The minimum Gasteiger partial charge on any atom is -0.434 e. The molecule has 1 aromatic rings. The highest BCUT2D eigenvalue weighted by Crippen LogP contribution is 2.26. The van der Waals surface area contributed by atoms with Crippen LogP contribution in [0.15, 0.2) is 24.3 Å². The predicted octanol–water partition coefficient (Wildman–Crippen LogP) is 4.69. The Balaban J connectivity index is 2.90. The van der Waals surface area contributed by atoms with E-state index in [4.69, 9.17) is 0 Å². The van der Waals surface area contributed by atoms with Crippen molar-refractivity contribution in [1.82, 2.24) is 0 Å². The van der Waals surface area contributed by atoms with Gasteiger partial charge in [0.1, 0.15) is 5.75 Å². The molecular formula is C15H20F2O2. The number of carbonyl (C=O) groups excluding carboxylic acids is 1. The van der Waals surface area contributed by atoms with Gasteiger partial charge in [0.2, 0.25) is 0 Å². The SMILES string of the molecule is CCCCC(CC)C(=O)c1ccccc1OC(F)F. The number of Topliss-reactive ketones (excluding diaryl/α,β-unsaturated/α-hetero) is 1. The van der Waals surface area contributed by atoms with Gasteiger partial charge in [0.15, 0.2) is 5.78 Å². The number of rotatable bonds is 8. The van der Waals surface area contributed by atoms with Crippen molar-refractivity contribution in [3.63, 3.8) is 0 Å². The molecule has 106 valence electrons. The molecule has 0 N–H and O–H groups in total. The van der Waals surface area contributed by atoms with Gasteiger partial charge in [0.05, 0.1) is 5.56 Å². The van der Waals surface area contributed by atoms with E-state index >= 15 is 0 Å². The number of carbonyl (C=O) groups is 1. The van der Waals surface area contributed by atoms with Crippen LogP contribution in [0.25, 0.3) is 0 Å². The number of ketones is 1. The van der Waals surface area contributed by atoms with Gasteiger partial charge in [-0.2, -0.15) is 8.78 Å². The van der Waals surface area contributed by atoms with Crippen LogP contribution in [-0.4, -0.2) is 12.4 Å². The summed E-state index contributed by atoms with van der Waals surface area (Å²) in [7, 11) is 0. The van der Waals surface area contributed by atoms with E-state index < -0.39 is 6.61 Å². The molecule has 0 amide bonds. The smallest absolute Gasteiger partial charge is 0.387 e. The first kappa shape index (κ1) is 15.6. The van der Waals surface area contributed by atoms with E-state index in [0.29, 0.717) is 6.42 Å². The van der Waals surface area contributed by atoms with Gasteiger partial charge in [0.25, 0.3) is 0 Å². The number of hydrogen-bond donors (Lipinski definition) is 0. The largest absolute Gasteiger partial charge is 0.434 e. The third kappa shape index (κ3) is 4.62. The van der Waals surface area contributed by atoms with Crippen LogP contribution in [0.4, 0.5) is 8.78 Å². The van der Waals surface area contributed by atoms with E-state index in [1.807, 2.05) is 6.92 Å².